The Morgan fingerprint density at radius 1 is 1.60 bits per heavy atom. The van der Waals surface area contributed by atoms with Crippen molar-refractivity contribution in [2.75, 3.05) is 20.3 Å². The van der Waals surface area contributed by atoms with E-state index in [4.69, 9.17) is 10.00 Å². The van der Waals surface area contributed by atoms with Crippen LogP contribution in [0.3, 0.4) is 0 Å². The minimum Gasteiger partial charge on any atom is -0.391 e. The van der Waals surface area contributed by atoms with Crippen LogP contribution in [0.4, 0.5) is 0 Å². The van der Waals surface area contributed by atoms with Crippen molar-refractivity contribution in [2.24, 2.45) is 5.92 Å². The predicted octanol–water partition coefficient (Wildman–Crippen LogP) is 0.666. The number of hydrogen-bond acceptors (Lipinski definition) is 4. The standard InChI is InChI=1S/C11H20N2O2/c1-15-8-10(14)5-6-13-11-4-2-3-9(11)7-12/h9-11,13-14H,2-6,8H2,1H3. The van der Waals surface area contributed by atoms with E-state index in [9.17, 15) is 5.11 Å². The first kappa shape index (κ1) is 12.4. The van der Waals surface area contributed by atoms with Gasteiger partial charge in [-0.05, 0) is 25.8 Å². The van der Waals surface area contributed by atoms with Gasteiger partial charge in [0.1, 0.15) is 0 Å². The van der Waals surface area contributed by atoms with E-state index in [1.54, 1.807) is 7.11 Å². The first-order valence-electron chi connectivity index (χ1n) is 5.58. The lowest BCUT2D eigenvalue weighted by atomic mass is 10.1. The predicted molar refractivity (Wildman–Crippen MR) is 57.2 cm³/mol. The molecule has 2 N–H and O–H groups in total. The fourth-order valence-electron chi connectivity index (χ4n) is 2.07. The lowest BCUT2D eigenvalue weighted by Gasteiger charge is -2.16. The normalized spacial score (nSPS) is 27.5. The summed E-state index contributed by atoms with van der Waals surface area (Å²) >= 11 is 0. The number of rotatable bonds is 6. The molecule has 0 spiro atoms. The van der Waals surface area contributed by atoms with Crippen LogP contribution in [-0.4, -0.2) is 37.5 Å². The third-order valence-electron chi connectivity index (χ3n) is 2.92. The summed E-state index contributed by atoms with van der Waals surface area (Å²) in [6, 6.07) is 2.65. The average molecular weight is 212 g/mol. The van der Waals surface area contributed by atoms with Gasteiger partial charge in [0.05, 0.1) is 24.7 Å². The van der Waals surface area contributed by atoms with E-state index in [-0.39, 0.29) is 5.92 Å². The van der Waals surface area contributed by atoms with Gasteiger partial charge in [0.2, 0.25) is 0 Å². The molecule has 1 saturated carbocycles. The van der Waals surface area contributed by atoms with Crippen molar-refractivity contribution in [3.8, 4) is 6.07 Å². The van der Waals surface area contributed by atoms with E-state index in [0.717, 1.165) is 25.8 Å². The minimum absolute atomic E-state index is 0.157. The number of nitrogens with zero attached hydrogens (tertiary/aromatic N) is 1. The first-order chi connectivity index (χ1) is 7.27. The Balaban J connectivity index is 2.12. The van der Waals surface area contributed by atoms with E-state index < -0.39 is 6.10 Å². The third-order valence-corrected chi connectivity index (χ3v) is 2.92. The van der Waals surface area contributed by atoms with Crippen molar-refractivity contribution in [3.05, 3.63) is 0 Å². The van der Waals surface area contributed by atoms with Gasteiger partial charge in [-0.25, -0.2) is 0 Å². The number of hydrogen-bond donors (Lipinski definition) is 2. The monoisotopic (exact) mass is 212 g/mol. The van der Waals surface area contributed by atoms with E-state index in [0.29, 0.717) is 19.1 Å². The third kappa shape index (κ3) is 4.17. The highest BCUT2D eigenvalue weighted by molar-refractivity contribution is 4.96. The van der Waals surface area contributed by atoms with E-state index >= 15 is 0 Å². The molecule has 0 aromatic heterocycles. The maximum Gasteiger partial charge on any atom is 0.0785 e. The highest BCUT2D eigenvalue weighted by atomic mass is 16.5. The zero-order valence-corrected chi connectivity index (χ0v) is 9.28. The lowest BCUT2D eigenvalue weighted by molar-refractivity contribution is 0.0588. The molecule has 86 valence electrons. The first-order valence-corrected chi connectivity index (χ1v) is 5.58. The van der Waals surface area contributed by atoms with Crippen molar-refractivity contribution in [1.29, 1.82) is 5.26 Å². The van der Waals surface area contributed by atoms with Crippen LogP contribution in [0.15, 0.2) is 0 Å². The Labute approximate surface area is 91.2 Å². The molecule has 1 aliphatic rings. The second-order valence-electron chi connectivity index (χ2n) is 4.12. The van der Waals surface area contributed by atoms with Crippen LogP contribution in [0, 0.1) is 17.2 Å². The van der Waals surface area contributed by atoms with Crippen molar-refractivity contribution >= 4 is 0 Å². The summed E-state index contributed by atoms with van der Waals surface area (Å²) < 4.78 is 4.84. The second kappa shape index (κ2) is 6.78. The van der Waals surface area contributed by atoms with Crippen molar-refractivity contribution < 1.29 is 9.84 Å². The molecule has 0 amide bonds. The summed E-state index contributed by atoms with van der Waals surface area (Å²) in [5.41, 5.74) is 0. The molecule has 0 radical (unpaired) electrons. The van der Waals surface area contributed by atoms with Gasteiger partial charge in [-0.15, -0.1) is 0 Å². The zero-order valence-electron chi connectivity index (χ0n) is 9.28. The quantitative estimate of drug-likeness (QED) is 0.679. The molecule has 4 nitrogen and oxygen atoms in total. The van der Waals surface area contributed by atoms with Crippen molar-refractivity contribution in [1.82, 2.24) is 5.32 Å². The number of nitrogens with one attached hydrogen (secondary N) is 1. The highest BCUT2D eigenvalue weighted by Gasteiger charge is 2.26. The number of aliphatic hydroxyl groups is 1. The molecule has 0 bridgehead atoms. The second-order valence-corrected chi connectivity index (χ2v) is 4.12. The molecule has 3 unspecified atom stereocenters. The molecule has 15 heavy (non-hydrogen) atoms. The van der Waals surface area contributed by atoms with Gasteiger partial charge in [-0.1, -0.05) is 6.42 Å². The van der Waals surface area contributed by atoms with Gasteiger partial charge in [0.25, 0.3) is 0 Å². The van der Waals surface area contributed by atoms with Gasteiger partial charge >= 0.3 is 0 Å². The summed E-state index contributed by atoms with van der Waals surface area (Å²) in [5, 5.41) is 21.6. The molecule has 0 aromatic rings. The molecule has 4 heteroatoms. The summed E-state index contributed by atoms with van der Waals surface area (Å²) in [6.07, 6.45) is 3.51. The number of methoxy groups -OCH3 is 1. The Morgan fingerprint density at radius 3 is 3.07 bits per heavy atom. The average Bonchev–Trinajstić information content (AvgIpc) is 2.66. The Hall–Kier alpha value is -0.630. The molecule has 1 aliphatic carbocycles. The molecule has 3 atom stereocenters. The van der Waals surface area contributed by atoms with E-state index in [2.05, 4.69) is 11.4 Å². The summed E-state index contributed by atoms with van der Waals surface area (Å²) in [4.78, 5) is 0. The van der Waals surface area contributed by atoms with Gasteiger partial charge < -0.3 is 15.2 Å². The Kier molecular flexibility index (Phi) is 5.62. The number of aliphatic hydroxyl groups excluding tert-OH is 1. The highest BCUT2D eigenvalue weighted by Crippen LogP contribution is 2.24. The van der Waals surface area contributed by atoms with Crippen LogP contribution in [0.5, 0.6) is 0 Å². The smallest absolute Gasteiger partial charge is 0.0785 e. The van der Waals surface area contributed by atoms with Crippen LogP contribution in [0.1, 0.15) is 25.7 Å². The Morgan fingerprint density at radius 2 is 2.40 bits per heavy atom. The molecule has 1 fully saturated rings. The van der Waals surface area contributed by atoms with Crippen molar-refractivity contribution in [3.63, 3.8) is 0 Å². The molecule has 0 saturated heterocycles. The molecule has 1 rings (SSSR count). The van der Waals surface area contributed by atoms with Gasteiger partial charge in [0.15, 0.2) is 0 Å². The minimum atomic E-state index is -0.399. The summed E-state index contributed by atoms with van der Waals surface area (Å²) in [5.74, 6) is 0.157. The fraction of sp³-hybridized carbons (Fsp3) is 0.909. The topological polar surface area (TPSA) is 65.3 Å². The molecular formula is C11H20N2O2. The number of nitriles is 1. The molecule has 0 aliphatic heterocycles. The van der Waals surface area contributed by atoms with Crippen LogP contribution in [0.25, 0.3) is 0 Å². The van der Waals surface area contributed by atoms with Crippen LogP contribution < -0.4 is 5.32 Å². The van der Waals surface area contributed by atoms with Crippen LogP contribution >= 0.6 is 0 Å². The molecular weight excluding hydrogens is 192 g/mol. The molecule has 0 aromatic carbocycles. The van der Waals surface area contributed by atoms with Crippen LogP contribution in [0.2, 0.25) is 0 Å². The van der Waals surface area contributed by atoms with Crippen molar-refractivity contribution in [2.45, 2.75) is 37.8 Å². The summed E-state index contributed by atoms with van der Waals surface area (Å²) in [6.45, 7) is 1.14. The zero-order chi connectivity index (χ0) is 11.1. The summed E-state index contributed by atoms with van der Waals surface area (Å²) in [7, 11) is 1.58. The largest absolute Gasteiger partial charge is 0.391 e. The van der Waals surface area contributed by atoms with Gasteiger partial charge in [-0.3, -0.25) is 0 Å². The van der Waals surface area contributed by atoms with E-state index in [1.165, 1.54) is 0 Å². The maximum absolute atomic E-state index is 9.42. The lowest BCUT2D eigenvalue weighted by Crippen LogP contribution is -2.34. The fourth-order valence-corrected chi connectivity index (χ4v) is 2.07. The number of ether oxygens (including phenoxy) is 1. The molecule has 0 heterocycles. The Bertz CT molecular complexity index is 215. The van der Waals surface area contributed by atoms with Gasteiger partial charge in [0, 0.05) is 13.2 Å². The van der Waals surface area contributed by atoms with E-state index in [1.807, 2.05) is 0 Å². The van der Waals surface area contributed by atoms with Crippen LogP contribution in [-0.2, 0) is 4.74 Å². The SMILES string of the molecule is COCC(O)CCNC1CCCC1C#N. The maximum atomic E-state index is 9.42. The van der Waals surface area contributed by atoms with Gasteiger partial charge in [-0.2, -0.15) is 5.26 Å².